The van der Waals surface area contributed by atoms with Gasteiger partial charge in [0.05, 0.1) is 31.3 Å². The first-order valence-electron chi connectivity index (χ1n) is 6.70. The Morgan fingerprint density at radius 2 is 1.95 bits per heavy atom. The molecule has 0 amide bonds. The second-order valence-electron chi connectivity index (χ2n) is 4.38. The van der Waals surface area contributed by atoms with Gasteiger partial charge in [0.15, 0.2) is 0 Å². The third-order valence-corrected chi connectivity index (χ3v) is 3.26. The van der Waals surface area contributed by atoms with E-state index in [4.69, 9.17) is 15.2 Å². The molecule has 1 unspecified atom stereocenters. The summed E-state index contributed by atoms with van der Waals surface area (Å²) in [7, 11) is 3.42. The molecular formula is C13H26N4O2. The number of aromatic nitrogens is 2. The molecule has 0 saturated heterocycles. The fourth-order valence-corrected chi connectivity index (χ4v) is 2.17. The van der Waals surface area contributed by atoms with Crippen molar-refractivity contribution in [1.82, 2.24) is 14.5 Å². The Balaban J connectivity index is 2.81. The number of nitrogens with two attached hydrogens (primary N) is 1. The summed E-state index contributed by atoms with van der Waals surface area (Å²) >= 11 is 0. The summed E-state index contributed by atoms with van der Waals surface area (Å²) in [6.45, 7) is 6.58. The number of aryl methyl sites for hydroxylation is 1. The summed E-state index contributed by atoms with van der Waals surface area (Å²) < 4.78 is 12.5. The second-order valence-corrected chi connectivity index (χ2v) is 4.38. The molecule has 110 valence electrons. The SMILES string of the molecule is CCn1cncc1C(CN)N(CCOC)CCOC. The zero-order valence-corrected chi connectivity index (χ0v) is 12.2. The fraction of sp³-hybridized carbons (Fsp3) is 0.769. The van der Waals surface area contributed by atoms with Crippen LogP contribution >= 0.6 is 0 Å². The second kappa shape index (κ2) is 9.03. The van der Waals surface area contributed by atoms with E-state index < -0.39 is 0 Å². The van der Waals surface area contributed by atoms with Crippen LogP contribution in [0.5, 0.6) is 0 Å². The molecule has 0 saturated carbocycles. The van der Waals surface area contributed by atoms with Crippen molar-refractivity contribution in [2.24, 2.45) is 5.73 Å². The molecule has 0 radical (unpaired) electrons. The lowest BCUT2D eigenvalue weighted by molar-refractivity contribution is 0.0868. The van der Waals surface area contributed by atoms with Gasteiger partial charge in [-0.1, -0.05) is 0 Å². The minimum absolute atomic E-state index is 0.146. The number of hydrogen-bond donors (Lipinski definition) is 1. The van der Waals surface area contributed by atoms with Crippen molar-refractivity contribution in [2.75, 3.05) is 47.1 Å². The van der Waals surface area contributed by atoms with E-state index in [1.165, 1.54) is 0 Å². The summed E-state index contributed by atoms with van der Waals surface area (Å²) in [6, 6.07) is 0.146. The topological polar surface area (TPSA) is 65.5 Å². The van der Waals surface area contributed by atoms with Gasteiger partial charge in [-0.3, -0.25) is 4.90 Å². The Morgan fingerprint density at radius 1 is 1.32 bits per heavy atom. The van der Waals surface area contributed by atoms with E-state index >= 15 is 0 Å². The number of methoxy groups -OCH3 is 2. The van der Waals surface area contributed by atoms with Crippen LogP contribution in [0.25, 0.3) is 0 Å². The molecule has 0 aromatic carbocycles. The number of hydrogen-bond acceptors (Lipinski definition) is 5. The highest BCUT2D eigenvalue weighted by Crippen LogP contribution is 2.19. The van der Waals surface area contributed by atoms with Gasteiger partial charge < -0.3 is 19.8 Å². The molecule has 1 aromatic rings. The standard InChI is InChI=1S/C13H26N4O2/c1-4-16-11-15-10-13(16)12(9-14)17(5-7-18-2)6-8-19-3/h10-12H,4-9,14H2,1-3H3. The van der Waals surface area contributed by atoms with Crippen molar-refractivity contribution in [3.05, 3.63) is 18.2 Å². The molecule has 0 aliphatic rings. The monoisotopic (exact) mass is 270 g/mol. The summed E-state index contributed by atoms with van der Waals surface area (Å²) in [5.41, 5.74) is 7.12. The van der Waals surface area contributed by atoms with Crippen LogP contribution in [0.15, 0.2) is 12.5 Å². The number of ether oxygens (including phenoxy) is 2. The van der Waals surface area contributed by atoms with Gasteiger partial charge in [0.1, 0.15) is 0 Å². The van der Waals surface area contributed by atoms with E-state index in [0.717, 1.165) is 25.3 Å². The van der Waals surface area contributed by atoms with Gasteiger partial charge in [-0.05, 0) is 6.92 Å². The highest BCUT2D eigenvalue weighted by molar-refractivity contribution is 5.06. The van der Waals surface area contributed by atoms with Gasteiger partial charge in [-0.2, -0.15) is 0 Å². The third-order valence-electron chi connectivity index (χ3n) is 3.26. The van der Waals surface area contributed by atoms with Gasteiger partial charge >= 0.3 is 0 Å². The Hall–Kier alpha value is -0.950. The van der Waals surface area contributed by atoms with E-state index in [1.807, 2.05) is 12.5 Å². The Labute approximate surface area is 115 Å². The van der Waals surface area contributed by atoms with Gasteiger partial charge in [0.2, 0.25) is 0 Å². The van der Waals surface area contributed by atoms with E-state index in [9.17, 15) is 0 Å². The summed E-state index contributed by atoms with van der Waals surface area (Å²) in [5, 5.41) is 0. The number of imidazole rings is 1. The fourth-order valence-electron chi connectivity index (χ4n) is 2.17. The first-order chi connectivity index (χ1) is 9.28. The van der Waals surface area contributed by atoms with Gasteiger partial charge in [-0.25, -0.2) is 4.98 Å². The Morgan fingerprint density at radius 3 is 2.42 bits per heavy atom. The predicted molar refractivity (Wildman–Crippen MR) is 75.0 cm³/mol. The predicted octanol–water partition coefficient (Wildman–Crippen LogP) is 0.498. The first kappa shape index (κ1) is 16.1. The lowest BCUT2D eigenvalue weighted by atomic mass is 10.1. The largest absolute Gasteiger partial charge is 0.383 e. The van der Waals surface area contributed by atoms with Crippen LogP contribution in [0.2, 0.25) is 0 Å². The molecule has 1 aromatic heterocycles. The van der Waals surface area contributed by atoms with Gasteiger partial charge in [0, 0.05) is 46.6 Å². The highest BCUT2D eigenvalue weighted by atomic mass is 16.5. The maximum absolute atomic E-state index is 5.97. The average Bonchev–Trinajstić information content (AvgIpc) is 2.90. The van der Waals surface area contributed by atoms with E-state index in [1.54, 1.807) is 14.2 Å². The zero-order valence-electron chi connectivity index (χ0n) is 12.2. The molecule has 1 rings (SSSR count). The lowest BCUT2D eigenvalue weighted by Gasteiger charge is -2.30. The minimum Gasteiger partial charge on any atom is -0.383 e. The van der Waals surface area contributed by atoms with E-state index in [0.29, 0.717) is 19.8 Å². The quantitative estimate of drug-likeness (QED) is 0.670. The van der Waals surface area contributed by atoms with Crippen molar-refractivity contribution >= 4 is 0 Å². The van der Waals surface area contributed by atoms with Gasteiger partial charge in [0.25, 0.3) is 0 Å². The molecule has 0 spiro atoms. The number of rotatable bonds is 10. The van der Waals surface area contributed by atoms with Crippen LogP contribution in [0.3, 0.4) is 0 Å². The zero-order chi connectivity index (χ0) is 14.1. The third kappa shape index (κ3) is 4.58. The van der Waals surface area contributed by atoms with Crippen LogP contribution in [0, 0.1) is 0 Å². The lowest BCUT2D eigenvalue weighted by Crippen LogP contribution is -2.39. The van der Waals surface area contributed by atoms with Crippen molar-refractivity contribution < 1.29 is 9.47 Å². The molecule has 6 nitrogen and oxygen atoms in total. The van der Waals surface area contributed by atoms with E-state index in [-0.39, 0.29) is 6.04 Å². The molecule has 6 heteroatoms. The Bertz CT molecular complexity index is 335. The molecule has 0 bridgehead atoms. The van der Waals surface area contributed by atoms with Crippen molar-refractivity contribution in [3.8, 4) is 0 Å². The Kier molecular flexibility index (Phi) is 7.66. The molecule has 0 aliphatic carbocycles. The molecule has 0 fully saturated rings. The van der Waals surface area contributed by atoms with Crippen LogP contribution in [-0.2, 0) is 16.0 Å². The maximum Gasteiger partial charge on any atom is 0.0948 e. The average molecular weight is 270 g/mol. The van der Waals surface area contributed by atoms with E-state index in [2.05, 4.69) is 21.4 Å². The number of nitrogens with zero attached hydrogens (tertiary/aromatic N) is 3. The van der Waals surface area contributed by atoms with Crippen LogP contribution in [0.1, 0.15) is 18.7 Å². The van der Waals surface area contributed by atoms with Crippen LogP contribution in [0.4, 0.5) is 0 Å². The van der Waals surface area contributed by atoms with Crippen molar-refractivity contribution in [1.29, 1.82) is 0 Å². The molecule has 1 atom stereocenters. The van der Waals surface area contributed by atoms with Gasteiger partial charge in [-0.15, -0.1) is 0 Å². The van der Waals surface area contributed by atoms with Crippen LogP contribution < -0.4 is 5.73 Å². The maximum atomic E-state index is 5.97. The minimum atomic E-state index is 0.146. The summed E-state index contributed by atoms with van der Waals surface area (Å²) in [4.78, 5) is 6.51. The van der Waals surface area contributed by atoms with Crippen molar-refractivity contribution in [2.45, 2.75) is 19.5 Å². The molecule has 0 aliphatic heterocycles. The first-order valence-corrected chi connectivity index (χ1v) is 6.70. The molecule has 2 N–H and O–H groups in total. The van der Waals surface area contributed by atoms with Crippen LogP contribution in [-0.4, -0.2) is 61.5 Å². The summed E-state index contributed by atoms with van der Waals surface area (Å²) in [5.74, 6) is 0. The normalized spacial score (nSPS) is 13.1. The summed E-state index contributed by atoms with van der Waals surface area (Å²) in [6.07, 6.45) is 3.75. The molecule has 19 heavy (non-hydrogen) atoms. The van der Waals surface area contributed by atoms with Crippen molar-refractivity contribution in [3.63, 3.8) is 0 Å². The molecular weight excluding hydrogens is 244 g/mol. The highest BCUT2D eigenvalue weighted by Gasteiger charge is 2.21. The molecule has 1 heterocycles. The smallest absolute Gasteiger partial charge is 0.0948 e.